The number of rotatable bonds is 5. The average Bonchev–Trinajstić information content (AvgIpc) is 2.65. The van der Waals surface area contributed by atoms with E-state index in [0.717, 1.165) is 19.4 Å². The van der Waals surface area contributed by atoms with Gasteiger partial charge in [-0.25, -0.2) is 0 Å². The van der Waals surface area contributed by atoms with E-state index in [9.17, 15) is 4.79 Å². The Morgan fingerprint density at radius 2 is 1.62 bits per heavy atom. The molecule has 1 aliphatic rings. The molecule has 0 aromatic heterocycles. The fourth-order valence-electron chi connectivity index (χ4n) is 2.18. The fraction of sp³-hybridized carbons (Fsp3) is 0.929. The van der Waals surface area contributed by atoms with Crippen LogP contribution in [0.1, 0.15) is 72.6 Å². The standard InChI is InChI=1S/C11H21NO.C3H8/c1-3-6-10(7-4-2)12-9-5-8-11(12)13;1-3-2/h10H,3-9H2,1-2H3;3H2,1-2H3. The van der Waals surface area contributed by atoms with E-state index in [4.69, 9.17) is 0 Å². The first-order chi connectivity index (χ1) is 7.71. The van der Waals surface area contributed by atoms with E-state index in [1.54, 1.807) is 0 Å². The SMILES string of the molecule is CCC.CCCC(CCC)N1CCCC1=O. The highest BCUT2D eigenvalue weighted by atomic mass is 16.2. The van der Waals surface area contributed by atoms with Crippen molar-refractivity contribution >= 4 is 5.91 Å². The minimum absolute atomic E-state index is 0.381. The zero-order valence-corrected chi connectivity index (χ0v) is 11.6. The van der Waals surface area contributed by atoms with Crippen molar-refractivity contribution in [2.24, 2.45) is 0 Å². The van der Waals surface area contributed by atoms with Crippen molar-refractivity contribution in [3.8, 4) is 0 Å². The third kappa shape index (κ3) is 5.53. The molecule has 1 amide bonds. The molecule has 0 radical (unpaired) electrons. The van der Waals surface area contributed by atoms with Gasteiger partial charge in [0.1, 0.15) is 0 Å². The van der Waals surface area contributed by atoms with Gasteiger partial charge in [0.2, 0.25) is 5.91 Å². The smallest absolute Gasteiger partial charge is 0.222 e. The van der Waals surface area contributed by atoms with Crippen molar-refractivity contribution in [2.75, 3.05) is 6.54 Å². The Morgan fingerprint density at radius 3 is 1.94 bits per heavy atom. The van der Waals surface area contributed by atoms with Crippen molar-refractivity contribution in [2.45, 2.75) is 78.7 Å². The number of carbonyl (C=O) groups excluding carboxylic acids is 1. The number of hydrogen-bond acceptors (Lipinski definition) is 1. The number of amides is 1. The summed E-state index contributed by atoms with van der Waals surface area (Å²) in [6.45, 7) is 9.65. The Morgan fingerprint density at radius 1 is 1.12 bits per heavy atom. The Labute approximate surface area is 101 Å². The summed E-state index contributed by atoms with van der Waals surface area (Å²) in [5.41, 5.74) is 0. The van der Waals surface area contributed by atoms with Gasteiger partial charge in [-0.3, -0.25) is 4.79 Å². The largest absolute Gasteiger partial charge is 0.340 e. The molecule has 1 heterocycles. The zero-order valence-electron chi connectivity index (χ0n) is 11.6. The molecule has 0 spiro atoms. The van der Waals surface area contributed by atoms with E-state index in [-0.39, 0.29) is 0 Å². The third-order valence-corrected chi connectivity index (χ3v) is 2.79. The number of nitrogens with zero attached hydrogens (tertiary/aromatic N) is 1. The second kappa shape index (κ2) is 9.68. The van der Waals surface area contributed by atoms with Crippen LogP contribution in [0.25, 0.3) is 0 Å². The molecular formula is C14H29NO. The Hall–Kier alpha value is -0.530. The molecule has 0 aliphatic carbocycles. The van der Waals surface area contributed by atoms with Crippen molar-refractivity contribution in [3.05, 3.63) is 0 Å². The predicted molar refractivity (Wildman–Crippen MR) is 70.5 cm³/mol. The molecule has 1 saturated heterocycles. The lowest BCUT2D eigenvalue weighted by Gasteiger charge is -2.27. The van der Waals surface area contributed by atoms with Crippen molar-refractivity contribution in [1.82, 2.24) is 4.90 Å². The van der Waals surface area contributed by atoms with Crippen LogP contribution in [0.15, 0.2) is 0 Å². The monoisotopic (exact) mass is 227 g/mol. The predicted octanol–water partition coefficient (Wildman–Crippen LogP) is 3.99. The van der Waals surface area contributed by atoms with E-state index < -0.39 is 0 Å². The minimum Gasteiger partial charge on any atom is -0.340 e. The van der Waals surface area contributed by atoms with Crippen LogP contribution in [0.3, 0.4) is 0 Å². The highest BCUT2D eigenvalue weighted by molar-refractivity contribution is 5.78. The average molecular weight is 227 g/mol. The van der Waals surface area contributed by atoms with Crippen LogP contribution in [-0.4, -0.2) is 23.4 Å². The van der Waals surface area contributed by atoms with E-state index in [2.05, 4.69) is 32.6 Å². The summed E-state index contributed by atoms with van der Waals surface area (Å²) >= 11 is 0. The first kappa shape index (κ1) is 15.5. The first-order valence-electron chi connectivity index (χ1n) is 7.00. The van der Waals surface area contributed by atoms with Gasteiger partial charge in [-0.2, -0.15) is 0 Å². The molecule has 2 heteroatoms. The van der Waals surface area contributed by atoms with E-state index in [1.807, 2.05) is 0 Å². The molecule has 0 aromatic carbocycles. The quantitative estimate of drug-likeness (QED) is 0.695. The van der Waals surface area contributed by atoms with Crippen LogP contribution < -0.4 is 0 Å². The van der Waals surface area contributed by atoms with Gasteiger partial charge in [-0.15, -0.1) is 0 Å². The zero-order chi connectivity index (χ0) is 12.4. The highest BCUT2D eigenvalue weighted by Gasteiger charge is 2.26. The Bertz CT molecular complexity index is 174. The maximum atomic E-state index is 11.5. The molecule has 0 saturated carbocycles. The maximum Gasteiger partial charge on any atom is 0.222 e. The summed E-state index contributed by atoms with van der Waals surface area (Å²) in [7, 11) is 0. The fourth-order valence-corrected chi connectivity index (χ4v) is 2.18. The van der Waals surface area contributed by atoms with Gasteiger partial charge < -0.3 is 4.90 Å². The minimum atomic E-state index is 0.381. The molecule has 0 aromatic rings. The van der Waals surface area contributed by atoms with Gasteiger partial charge >= 0.3 is 0 Å². The highest BCUT2D eigenvalue weighted by Crippen LogP contribution is 2.20. The van der Waals surface area contributed by atoms with Crippen LogP contribution in [0.2, 0.25) is 0 Å². The normalized spacial score (nSPS) is 15.3. The molecule has 0 atom stereocenters. The second-order valence-electron chi connectivity index (χ2n) is 4.63. The number of hydrogen-bond donors (Lipinski definition) is 0. The molecule has 2 nitrogen and oxygen atoms in total. The third-order valence-electron chi connectivity index (χ3n) is 2.79. The van der Waals surface area contributed by atoms with E-state index in [1.165, 1.54) is 32.1 Å². The lowest BCUT2D eigenvalue weighted by atomic mass is 10.1. The molecule has 1 fully saturated rings. The molecule has 96 valence electrons. The van der Waals surface area contributed by atoms with Crippen LogP contribution in [-0.2, 0) is 4.79 Å². The lowest BCUT2D eigenvalue weighted by Crippen LogP contribution is -2.35. The lowest BCUT2D eigenvalue weighted by molar-refractivity contribution is -0.129. The van der Waals surface area contributed by atoms with Crippen LogP contribution in [0, 0.1) is 0 Å². The number of likely N-dealkylation sites (tertiary alicyclic amines) is 1. The summed E-state index contributed by atoms with van der Waals surface area (Å²) < 4.78 is 0. The van der Waals surface area contributed by atoms with Gasteiger partial charge in [0.15, 0.2) is 0 Å². The number of carbonyl (C=O) groups is 1. The summed E-state index contributed by atoms with van der Waals surface area (Å²) in [6.07, 6.45) is 7.84. The van der Waals surface area contributed by atoms with Gasteiger partial charge in [-0.05, 0) is 19.3 Å². The summed E-state index contributed by atoms with van der Waals surface area (Å²) in [6, 6.07) is 0.532. The molecular weight excluding hydrogens is 198 g/mol. The Balaban J connectivity index is 0.000000673. The van der Waals surface area contributed by atoms with E-state index >= 15 is 0 Å². The Kier molecular flexibility index (Phi) is 9.36. The van der Waals surface area contributed by atoms with Crippen molar-refractivity contribution in [3.63, 3.8) is 0 Å². The van der Waals surface area contributed by atoms with E-state index in [0.29, 0.717) is 11.9 Å². The van der Waals surface area contributed by atoms with Crippen LogP contribution in [0.5, 0.6) is 0 Å². The van der Waals surface area contributed by atoms with Gasteiger partial charge in [0.05, 0.1) is 0 Å². The second-order valence-corrected chi connectivity index (χ2v) is 4.63. The topological polar surface area (TPSA) is 20.3 Å². The summed E-state index contributed by atoms with van der Waals surface area (Å²) in [4.78, 5) is 13.6. The molecule has 0 N–H and O–H groups in total. The maximum absolute atomic E-state index is 11.5. The molecule has 0 bridgehead atoms. The molecule has 0 unspecified atom stereocenters. The van der Waals surface area contributed by atoms with Gasteiger partial charge in [-0.1, -0.05) is 47.0 Å². The van der Waals surface area contributed by atoms with Crippen LogP contribution >= 0.6 is 0 Å². The van der Waals surface area contributed by atoms with Crippen molar-refractivity contribution in [1.29, 1.82) is 0 Å². The molecule has 1 aliphatic heterocycles. The summed E-state index contributed by atoms with van der Waals surface area (Å²) in [5.74, 6) is 0.381. The first-order valence-corrected chi connectivity index (χ1v) is 7.00. The molecule has 1 rings (SSSR count). The van der Waals surface area contributed by atoms with Gasteiger partial charge in [0.25, 0.3) is 0 Å². The van der Waals surface area contributed by atoms with Gasteiger partial charge in [0, 0.05) is 19.0 Å². The summed E-state index contributed by atoms with van der Waals surface area (Å²) in [5, 5.41) is 0. The molecule has 16 heavy (non-hydrogen) atoms. The van der Waals surface area contributed by atoms with Crippen molar-refractivity contribution < 1.29 is 4.79 Å². The van der Waals surface area contributed by atoms with Crippen LogP contribution in [0.4, 0.5) is 0 Å².